The number of aliphatic imine (C=N–C) groups is 1. The van der Waals surface area contributed by atoms with Gasteiger partial charge in [0.1, 0.15) is 5.75 Å². The molecule has 8 heteroatoms. The second-order valence-electron chi connectivity index (χ2n) is 5.41. The predicted molar refractivity (Wildman–Crippen MR) is 108 cm³/mol. The number of halogens is 1. The van der Waals surface area contributed by atoms with Crippen molar-refractivity contribution in [1.29, 1.82) is 0 Å². The third kappa shape index (κ3) is 4.37. The first-order valence-corrected chi connectivity index (χ1v) is 9.08. The van der Waals surface area contributed by atoms with Gasteiger partial charge >= 0.3 is 0 Å². The number of thioether (sulfide) groups is 1. The zero-order chi connectivity index (χ0) is 19.4. The Morgan fingerprint density at radius 3 is 2.26 bits per heavy atom. The lowest BCUT2D eigenvalue weighted by Crippen LogP contribution is -2.19. The van der Waals surface area contributed by atoms with E-state index in [-0.39, 0.29) is 5.91 Å². The summed E-state index contributed by atoms with van der Waals surface area (Å²) >= 11 is 7.12. The van der Waals surface area contributed by atoms with Gasteiger partial charge in [0.15, 0.2) is 16.7 Å². The van der Waals surface area contributed by atoms with E-state index in [1.807, 2.05) is 0 Å². The standard InChI is InChI=1S/C19H17ClN2O4S/c1-24-14-10-16(26-3)15(25-2)8-11(14)9-17-18(23)22-19(27-17)21-13-6-4-12(20)5-7-13/h4-10H,1-3H3,(H,21,22,23)/b17-9+. The van der Waals surface area contributed by atoms with Gasteiger partial charge < -0.3 is 19.5 Å². The van der Waals surface area contributed by atoms with Gasteiger partial charge in [0.05, 0.1) is 31.9 Å². The maximum atomic E-state index is 12.3. The highest BCUT2D eigenvalue weighted by Gasteiger charge is 2.24. The Kier molecular flexibility index (Phi) is 5.93. The molecular formula is C19H17ClN2O4S. The molecule has 140 valence electrons. The molecule has 1 fully saturated rings. The van der Waals surface area contributed by atoms with Crippen LogP contribution >= 0.6 is 23.4 Å². The highest BCUT2D eigenvalue weighted by Crippen LogP contribution is 2.37. The van der Waals surface area contributed by atoms with Crippen molar-refractivity contribution >= 4 is 46.2 Å². The number of carbonyl (C=O) groups excluding carboxylic acids is 1. The number of benzene rings is 2. The lowest BCUT2D eigenvalue weighted by atomic mass is 10.1. The number of ether oxygens (including phenoxy) is 3. The van der Waals surface area contributed by atoms with Crippen molar-refractivity contribution in [2.24, 2.45) is 4.99 Å². The van der Waals surface area contributed by atoms with Gasteiger partial charge in [-0.1, -0.05) is 11.6 Å². The number of nitrogens with one attached hydrogen (secondary N) is 1. The Bertz CT molecular complexity index is 926. The Morgan fingerprint density at radius 1 is 1.00 bits per heavy atom. The minimum absolute atomic E-state index is 0.232. The summed E-state index contributed by atoms with van der Waals surface area (Å²) in [5.74, 6) is 1.43. The van der Waals surface area contributed by atoms with E-state index in [0.717, 1.165) is 0 Å². The number of nitrogens with zero attached hydrogens (tertiary/aromatic N) is 1. The van der Waals surface area contributed by atoms with Crippen molar-refractivity contribution in [2.75, 3.05) is 21.3 Å². The summed E-state index contributed by atoms with van der Waals surface area (Å²) < 4.78 is 16.0. The van der Waals surface area contributed by atoms with Gasteiger partial charge in [-0.05, 0) is 48.2 Å². The zero-order valence-corrected chi connectivity index (χ0v) is 16.5. The van der Waals surface area contributed by atoms with Crippen LogP contribution in [-0.4, -0.2) is 32.4 Å². The SMILES string of the molecule is COc1cc(OC)c(OC)cc1/C=C1/SC(=Nc2ccc(Cl)cc2)NC1=O. The molecule has 0 spiro atoms. The van der Waals surface area contributed by atoms with Gasteiger partial charge in [0.2, 0.25) is 0 Å². The molecule has 0 bridgehead atoms. The van der Waals surface area contributed by atoms with Crippen molar-refractivity contribution in [2.45, 2.75) is 0 Å². The Balaban J connectivity index is 1.91. The van der Waals surface area contributed by atoms with E-state index in [1.165, 1.54) is 11.8 Å². The van der Waals surface area contributed by atoms with Crippen LogP contribution in [0.4, 0.5) is 5.69 Å². The first-order valence-electron chi connectivity index (χ1n) is 7.89. The third-order valence-electron chi connectivity index (χ3n) is 3.73. The summed E-state index contributed by atoms with van der Waals surface area (Å²) in [6.07, 6.45) is 1.73. The van der Waals surface area contributed by atoms with Crippen molar-refractivity contribution in [3.05, 3.63) is 51.9 Å². The number of hydrogen-bond acceptors (Lipinski definition) is 6. The van der Waals surface area contributed by atoms with Crippen LogP contribution < -0.4 is 19.5 Å². The second-order valence-corrected chi connectivity index (χ2v) is 6.87. The molecule has 1 amide bonds. The fourth-order valence-corrected chi connectivity index (χ4v) is 3.38. The van der Waals surface area contributed by atoms with Crippen LogP contribution in [0.1, 0.15) is 5.56 Å². The normalized spacial score (nSPS) is 16.5. The molecule has 0 atom stereocenters. The summed E-state index contributed by atoms with van der Waals surface area (Å²) in [6, 6.07) is 10.5. The average molecular weight is 405 g/mol. The number of hydrogen-bond donors (Lipinski definition) is 1. The monoisotopic (exact) mass is 404 g/mol. The molecule has 0 aromatic heterocycles. The molecular weight excluding hydrogens is 388 g/mol. The molecule has 1 heterocycles. The van der Waals surface area contributed by atoms with E-state index < -0.39 is 0 Å². The number of amides is 1. The lowest BCUT2D eigenvalue weighted by molar-refractivity contribution is -0.115. The lowest BCUT2D eigenvalue weighted by Gasteiger charge is -2.12. The number of amidine groups is 1. The fraction of sp³-hybridized carbons (Fsp3) is 0.158. The minimum atomic E-state index is -0.232. The van der Waals surface area contributed by atoms with Crippen LogP contribution in [0.25, 0.3) is 6.08 Å². The molecule has 1 aliphatic heterocycles. The number of rotatable bonds is 5. The first kappa shape index (κ1) is 19.1. The van der Waals surface area contributed by atoms with Gasteiger partial charge in [-0.2, -0.15) is 0 Å². The van der Waals surface area contributed by atoms with Gasteiger partial charge in [-0.25, -0.2) is 4.99 Å². The zero-order valence-electron chi connectivity index (χ0n) is 14.9. The van der Waals surface area contributed by atoms with E-state index in [2.05, 4.69) is 10.3 Å². The highest BCUT2D eigenvalue weighted by molar-refractivity contribution is 8.18. The third-order valence-corrected chi connectivity index (χ3v) is 4.89. The summed E-state index contributed by atoms with van der Waals surface area (Å²) in [7, 11) is 4.66. The molecule has 2 aromatic rings. The molecule has 0 unspecified atom stereocenters. The Morgan fingerprint density at radius 2 is 1.63 bits per heavy atom. The van der Waals surface area contributed by atoms with E-state index >= 15 is 0 Å². The molecule has 1 aliphatic rings. The van der Waals surface area contributed by atoms with Crippen molar-refractivity contribution in [3.63, 3.8) is 0 Å². The van der Waals surface area contributed by atoms with Crippen LogP contribution in [0.15, 0.2) is 46.3 Å². The van der Waals surface area contributed by atoms with Gasteiger partial charge in [0.25, 0.3) is 5.91 Å². The molecule has 2 aromatic carbocycles. The molecule has 3 rings (SSSR count). The van der Waals surface area contributed by atoms with Crippen LogP contribution in [-0.2, 0) is 4.79 Å². The Labute approximate surface area is 166 Å². The molecule has 1 N–H and O–H groups in total. The minimum Gasteiger partial charge on any atom is -0.496 e. The first-order chi connectivity index (χ1) is 13.0. The molecule has 6 nitrogen and oxygen atoms in total. The maximum Gasteiger partial charge on any atom is 0.264 e. The topological polar surface area (TPSA) is 69.2 Å². The average Bonchev–Trinajstić information content (AvgIpc) is 3.02. The van der Waals surface area contributed by atoms with Gasteiger partial charge in [0, 0.05) is 16.7 Å². The molecule has 27 heavy (non-hydrogen) atoms. The second kappa shape index (κ2) is 8.37. The number of carbonyl (C=O) groups is 1. The smallest absolute Gasteiger partial charge is 0.264 e. The van der Waals surface area contributed by atoms with Gasteiger partial charge in [-0.15, -0.1) is 0 Å². The fourth-order valence-electron chi connectivity index (χ4n) is 2.42. The molecule has 0 radical (unpaired) electrons. The largest absolute Gasteiger partial charge is 0.496 e. The van der Waals surface area contributed by atoms with E-state index in [0.29, 0.717) is 43.6 Å². The van der Waals surface area contributed by atoms with Crippen LogP contribution in [0.3, 0.4) is 0 Å². The maximum absolute atomic E-state index is 12.3. The predicted octanol–water partition coefficient (Wildman–Crippen LogP) is 4.26. The summed E-state index contributed by atoms with van der Waals surface area (Å²) in [5.41, 5.74) is 1.40. The van der Waals surface area contributed by atoms with Crippen LogP contribution in [0.2, 0.25) is 5.02 Å². The van der Waals surface area contributed by atoms with Crippen molar-refractivity contribution in [3.8, 4) is 17.2 Å². The van der Waals surface area contributed by atoms with E-state index in [1.54, 1.807) is 63.8 Å². The highest BCUT2D eigenvalue weighted by atomic mass is 35.5. The van der Waals surface area contributed by atoms with Crippen molar-refractivity contribution < 1.29 is 19.0 Å². The van der Waals surface area contributed by atoms with Crippen LogP contribution in [0.5, 0.6) is 17.2 Å². The van der Waals surface area contributed by atoms with E-state index in [9.17, 15) is 4.79 Å². The summed E-state index contributed by atoms with van der Waals surface area (Å²) in [6.45, 7) is 0. The quantitative estimate of drug-likeness (QED) is 0.754. The summed E-state index contributed by atoms with van der Waals surface area (Å²) in [5, 5.41) is 3.87. The molecule has 1 saturated heterocycles. The van der Waals surface area contributed by atoms with Gasteiger partial charge in [-0.3, -0.25) is 4.79 Å². The number of methoxy groups -OCH3 is 3. The van der Waals surface area contributed by atoms with E-state index in [4.69, 9.17) is 25.8 Å². The van der Waals surface area contributed by atoms with Crippen molar-refractivity contribution in [1.82, 2.24) is 5.32 Å². The summed E-state index contributed by atoms with van der Waals surface area (Å²) in [4.78, 5) is 17.2. The molecule has 0 aliphatic carbocycles. The Hall–Kier alpha value is -2.64. The molecule has 0 saturated carbocycles. The van der Waals surface area contributed by atoms with Crippen LogP contribution in [0, 0.1) is 0 Å².